The van der Waals surface area contributed by atoms with Crippen molar-refractivity contribution in [1.82, 2.24) is 15.1 Å². The summed E-state index contributed by atoms with van der Waals surface area (Å²) in [6.07, 6.45) is 2.74. The van der Waals surface area contributed by atoms with Crippen molar-refractivity contribution in [3.8, 4) is 0 Å². The summed E-state index contributed by atoms with van der Waals surface area (Å²) in [5.74, 6) is -0.805. The van der Waals surface area contributed by atoms with Gasteiger partial charge in [0.1, 0.15) is 11.7 Å². The van der Waals surface area contributed by atoms with Crippen LogP contribution in [0, 0.1) is 0 Å². The van der Waals surface area contributed by atoms with Crippen molar-refractivity contribution in [3.05, 3.63) is 11.9 Å². The molecule has 16 heavy (non-hydrogen) atoms. The maximum atomic E-state index is 12.0. The number of H-pyrrole nitrogens is 1. The van der Waals surface area contributed by atoms with Crippen LogP contribution < -0.4 is 11.5 Å². The Labute approximate surface area is 91.8 Å². The number of nitrogen functional groups attached to an aromatic ring is 1. The molecule has 1 aromatic rings. The number of hydrogen-bond acceptors (Lipinski definition) is 4. The van der Waals surface area contributed by atoms with E-state index in [9.17, 15) is 9.59 Å². The number of aromatic amines is 1. The van der Waals surface area contributed by atoms with Crippen LogP contribution in [0.5, 0.6) is 0 Å². The van der Waals surface area contributed by atoms with E-state index >= 15 is 0 Å². The molecule has 1 unspecified atom stereocenters. The number of nitrogens with two attached hydrogens (primary N) is 2. The summed E-state index contributed by atoms with van der Waals surface area (Å²) < 4.78 is 0. The van der Waals surface area contributed by atoms with Crippen molar-refractivity contribution < 1.29 is 9.59 Å². The van der Waals surface area contributed by atoms with Gasteiger partial charge in [-0.1, -0.05) is 0 Å². The zero-order valence-corrected chi connectivity index (χ0v) is 8.64. The number of hydrogen-bond donors (Lipinski definition) is 3. The van der Waals surface area contributed by atoms with Crippen LogP contribution in [0.3, 0.4) is 0 Å². The minimum absolute atomic E-state index is 0.216. The standard InChI is InChI=1S/C9H13N5O2/c10-5-4-12-13-7(5)9(16)14-3-1-2-6(14)8(11)15/h4,6H,1-3,10H2,(H2,11,15)(H,12,13). The van der Waals surface area contributed by atoms with Crippen LogP contribution in [-0.4, -0.2) is 39.5 Å². The lowest BCUT2D eigenvalue weighted by Gasteiger charge is -2.21. The Morgan fingerprint density at radius 1 is 1.56 bits per heavy atom. The summed E-state index contributed by atoms with van der Waals surface area (Å²) in [7, 11) is 0. The third-order valence-corrected chi connectivity index (χ3v) is 2.72. The molecule has 1 aliphatic heterocycles. The third kappa shape index (κ3) is 1.60. The van der Waals surface area contributed by atoms with Crippen LogP contribution in [0.4, 0.5) is 5.69 Å². The number of likely N-dealkylation sites (tertiary alicyclic amines) is 1. The number of rotatable bonds is 2. The quantitative estimate of drug-likeness (QED) is 0.600. The highest BCUT2D eigenvalue weighted by Crippen LogP contribution is 2.20. The Bertz CT molecular complexity index is 427. The molecule has 0 spiro atoms. The van der Waals surface area contributed by atoms with Gasteiger partial charge in [0.05, 0.1) is 11.9 Å². The van der Waals surface area contributed by atoms with Crippen molar-refractivity contribution in [2.45, 2.75) is 18.9 Å². The molecule has 1 saturated heterocycles. The number of carbonyl (C=O) groups is 2. The van der Waals surface area contributed by atoms with E-state index in [1.165, 1.54) is 11.1 Å². The van der Waals surface area contributed by atoms with Gasteiger partial charge in [-0.05, 0) is 12.8 Å². The molecule has 2 heterocycles. The highest BCUT2D eigenvalue weighted by molar-refractivity contribution is 5.99. The fraction of sp³-hybridized carbons (Fsp3) is 0.444. The van der Waals surface area contributed by atoms with Crippen molar-refractivity contribution >= 4 is 17.5 Å². The Morgan fingerprint density at radius 2 is 2.31 bits per heavy atom. The van der Waals surface area contributed by atoms with Crippen LogP contribution in [0.1, 0.15) is 23.3 Å². The summed E-state index contributed by atoms with van der Waals surface area (Å²) in [4.78, 5) is 24.6. The number of carbonyl (C=O) groups excluding carboxylic acids is 2. The lowest BCUT2D eigenvalue weighted by atomic mass is 10.2. The average molecular weight is 223 g/mol. The van der Waals surface area contributed by atoms with Crippen LogP contribution in [0.15, 0.2) is 6.20 Å². The molecule has 7 heteroatoms. The van der Waals surface area contributed by atoms with Crippen LogP contribution in [-0.2, 0) is 4.79 Å². The predicted molar refractivity (Wildman–Crippen MR) is 56.3 cm³/mol. The summed E-state index contributed by atoms with van der Waals surface area (Å²) >= 11 is 0. The minimum Gasteiger partial charge on any atom is -0.396 e. The minimum atomic E-state index is -0.532. The lowest BCUT2D eigenvalue weighted by molar-refractivity contribution is -0.121. The zero-order valence-electron chi connectivity index (χ0n) is 8.64. The molecule has 7 nitrogen and oxygen atoms in total. The molecule has 1 aliphatic rings. The number of amides is 2. The van der Waals surface area contributed by atoms with Gasteiger partial charge in [0, 0.05) is 6.54 Å². The second kappa shape index (κ2) is 3.84. The van der Waals surface area contributed by atoms with Crippen LogP contribution in [0.25, 0.3) is 0 Å². The van der Waals surface area contributed by atoms with E-state index < -0.39 is 11.9 Å². The highest BCUT2D eigenvalue weighted by Gasteiger charge is 2.34. The summed E-state index contributed by atoms with van der Waals surface area (Å²) in [5, 5.41) is 6.19. The van der Waals surface area contributed by atoms with Crippen molar-refractivity contribution in [2.75, 3.05) is 12.3 Å². The van der Waals surface area contributed by atoms with E-state index in [1.54, 1.807) is 0 Å². The summed E-state index contributed by atoms with van der Waals surface area (Å²) in [6, 6.07) is -0.532. The van der Waals surface area contributed by atoms with Crippen LogP contribution >= 0.6 is 0 Å². The molecule has 5 N–H and O–H groups in total. The molecule has 1 atom stereocenters. The first-order chi connectivity index (χ1) is 7.61. The second-order valence-electron chi connectivity index (χ2n) is 3.76. The Kier molecular flexibility index (Phi) is 2.51. The first kappa shape index (κ1) is 10.5. The average Bonchev–Trinajstić information content (AvgIpc) is 2.84. The molecule has 0 bridgehead atoms. The Morgan fingerprint density at radius 3 is 2.88 bits per heavy atom. The molecule has 1 aromatic heterocycles. The van der Waals surface area contributed by atoms with E-state index in [1.807, 2.05) is 0 Å². The fourth-order valence-corrected chi connectivity index (χ4v) is 1.92. The molecule has 1 fully saturated rings. The van der Waals surface area contributed by atoms with Gasteiger partial charge in [-0.15, -0.1) is 0 Å². The largest absolute Gasteiger partial charge is 0.396 e. The molecule has 2 rings (SSSR count). The Balaban J connectivity index is 2.22. The Hall–Kier alpha value is -2.05. The lowest BCUT2D eigenvalue weighted by Crippen LogP contribution is -2.44. The molecule has 86 valence electrons. The predicted octanol–water partition coefficient (Wildman–Crippen LogP) is -0.918. The van der Waals surface area contributed by atoms with E-state index in [4.69, 9.17) is 11.5 Å². The van der Waals surface area contributed by atoms with E-state index in [0.29, 0.717) is 13.0 Å². The zero-order chi connectivity index (χ0) is 11.7. The molecule has 0 aromatic carbocycles. The van der Waals surface area contributed by atoms with Crippen molar-refractivity contribution in [2.24, 2.45) is 5.73 Å². The van der Waals surface area contributed by atoms with Gasteiger partial charge in [-0.25, -0.2) is 0 Å². The smallest absolute Gasteiger partial charge is 0.274 e. The second-order valence-corrected chi connectivity index (χ2v) is 3.76. The van der Waals surface area contributed by atoms with E-state index in [0.717, 1.165) is 6.42 Å². The molecule has 0 aliphatic carbocycles. The first-order valence-electron chi connectivity index (χ1n) is 5.00. The normalized spacial score (nSPS) is 20.0. The number of primary amides is 1. The molecule has 0 saturated carbocycles. The number of anilines is 1. The van der Waals surface area contributed by atoms with Gasteiger partial charge in [0.25, 0.3) is 5.91 Å². The van der Waals surface area contributed by atoms with Crippen LogP contribution in [0.2, 0.25) is 0 Å². The van der Waals surface area contributed by atoms with E-state index in [2.05, 4.69) is 10.2 Å². The summed E-state index contributed by atoms with van der Waals surface area (Å²) in [5.41, 5.74) is 11.3. The van der Waals surface area contributed by atoms with Gasteiger partial charge >= 0.3 is 0 Å². The van der Waals surface area contributed by atoms with Gasteiger partial charge in [0.2, 0.25) is 5.91 Å². The summed E-state index contributed by atoms with van der Waals surface area (Å²) in [6.45, 7) is 0.519. The van der Waals surface area contributed by atoms with Gasteiger partial charge in [-0.3, -0.25) is 14.7 Å². The van der Waals surface area contributed by atoms with Gasteiger partial charge in [0.15, 0.2) is 0 Å². The van der Waals surface area contributed by atoms with Crippen molar-refractivity contribution in [3.63, 3.8) is 0 Å². The monoisotopic (exact) mass is 223 g/mol. The maximum Gasteiger partial charge on any atom is 0.274 e. The molecular weight excluding hydrogens is 210 g/mol. The number of aromatic nitrogens is 2. The van der Waals surface area contributed by atoms with Gasteiger partial charge in [-0.2, -0.15) is 5.10 Å². The topological polar surface area (TPSA) is 118 Å². The highest BCUT2D eigenvalue weighted by atomic mass is 16.2. The maximum absolute atomic E-state index is 12.0. The molecule has 2 amide bonds. The fourth-order valence-electron chi connectivity index (χ4n) is 1.92. The van der Waals surface area contributed by atoms with Gasteiger partial charge < -0.3 is 16.4 Å². The number of nitrogens with zero attached hydrogens (tertiary/aromatic N) is 2. The SMILES string of the molecule is NC(=O)C1CCCN1C(=O)c1[nH]ncc1N. The molecular formula is C9H13N5O2. The van der Waals surface area contributed by atoms with E-state index in [-0.39, 0.29) is 17.3 Å². The van der Waals surface area contributed by atoms with Crippen molar-refractivity contribution in [1.29, 1.82) is 0 Å². The first-order valence-corrected chi connectivity index (χ1v) is 5.00. The number of nitrogens with one attached hydrogen (secondary N) is 1. The third-order valence-electron chi connectivity index (χ3n) is 2.72. The molecule has 0 radical (unpaired) electrons.